The Kier molecular flexibility index (Phi) is 5.65. The van der Waals surface area contributed by atoms with E-state index in [-0.39, 0.29) is 17.6 Å². The molecule has 0 aliphatic rings. The third-order valence-electron chi connectivity index (χ3n) is 3.64. The Morgan fingerprint density at radius 3 is 2.64 bits per heavy atom. The highest BCUT2D eigenvalue weighted by atomic mass is 35.5. The molecule has 0 fully saturated rings. The van der Waals surface area contributed by atoms with Gasteiger partial charge in [0, 0.05) is 18.5 Å². The van der Waals surface area contributed by atoms with Crippen molar-refractivity contribution in [2.24, 2.45) is 0 Å². The zero-order valence-corrected chi connectivity index (χ0v) is 16.9. The summed E-state index contributed by atoms with van der Waals surface area (Å²) in [6, 6.07) is 5.36. The second-order valence-corrected chi connectivity index (χ2v) is 7.44. The van der Waals surface area contributed by atoms with E-state index in [1.54, 1.807) is 45.3 Å². The lowest BCUT2D eigenvalue weighted by Crippen LogP contribution is -2.37. The molecule has 7 nitrogen and oxygen atoms in total. The summed E-state index contributed by atoms with van der Waals surface area (Å²) in [5.41, 5.74) is 1.04. The van der Waals surface area contributed by atoms with Crippen LogP contribution in [-0.4, -0.2) is 26.6 Å². The lowest BCUT2D eigenvalue weighted by Gasteiger charge is -2.26. The molecule has 3 aromatic rings. The molecule has 0 atom stereocenters. The van der Waals surface area contributed by atoms with E-state index in [2.05, 4.69) is 15.0 Å². The summed E-state index contributed by atoms with van der Waals surface area (Å²) in [4.78, 5) is 26.8. The van der Waals surface area contributed by atoms with E-state index in [4.69, 9.17) is 20.8 Å². The van der Waals surface area contributed by atoms with Gasteiger partial charge in [-0.1, -0.05) is 6.08 Å². The van der Waals surface area contributed by atoms with Crippen LogP contribution in [0.5, 0.6) is 0 Å². The van der Waals surface area contributed by atoms with E-state index in [9.17, 15) is 4.79 Å². The van der Waals surface area contributed by atoms with Crippen LogP contribution in [0, 0.1) is 0 Å². The highest BCUT2D eigenvalue weighted by Gasteiger charge is 2.28. The molecule has 0 unspecified atom stereocenters. The first kappa shape index (κ1) is 19.8. The Bertz CT molecular complexity index is 1010. The number of fused-ring (bicyclic) bond motifs is 1. The fourth-order valence-corrected chi connectivity index (χ4v) is 2.72. The molecule has 0 saturated heterocycles. The van der Waals surface area contributed by atoms with Gasteiger partial charge in [0.15, 0.2) is 11.4 Å². The Hall–Kier alpha value is -2.93. The number of allylic oxidation sites excluding steroid dienone is 1. The van der Waals surface area contributed by atoms with Crippen LogP contribution in [-0.2, 0) is 11.3 Å². The van der Waals surface area contributed by atoms with Crippen LogP contribution in [0.15, 0.2) is 41.1 Å². The van der Waals surface area contributed by atoms with Crippen molar-refractivity contribution in [2.45, 2.75) is 39.8 Å². The molecule has 0 spiro atoms. The average Bonchev–Trinajstić information content (AvgIpc) is 3.01. The lowest BCUT2D eigenvalue weighted by atomic mass is 10.2. The van der Waals surface area contributed by atoms with Crippen LogP contribution >= 0.6 is 11.6 Å². The summed E-state index contributed by atoms with van der Waals surface area (Å²) < 4.78 is 11.4. The minimum atomic E-state index is -0.678. The van der Waals surface area contributed by atoms with Gasteiger partial charge in [-0.2, -0.15) is 4.98 Å². The molecule has 3 heterocycles. The monoisotopic (exact) mass is 400 g/mol. The number of carbonyl (C=O) groups is 1. The summed E-state index contributed by atoms with van der Waals surface area (Å²) in [6.07, 6.45) is 6.38. The molecule has 0 aliphatic carbocycles. The number of rotatable bonds is 4. The number of pyridine rings is 1. The predicted molar refractivity (Wildman–Crippen MR) is 108 cm³/mol. The Labute approximate surface area is 168 Å². The van der Waals surface area contributed by atoms with Crippen LogP contribution in [0.3, 0.4) is 0 Å². The van der Waals surface area contributed by atoms with Crippen molar-refractivity contribution in [2.75, 3.05) is 4.90 Å². The molecule has 3 aromatic heterocycles. The Morgan fingerprint density at radius 1 is 1.29 bits per heavy atom. The van der Waals surface area contributed by atoms with Crippen LogP contribution in [0.4, 0.5) is 10.6 Å². The number of halogens is 1. The number of hydrogen-bond acceptors (Lipinski definition) is 6. The zero-order valence-electron chi connectivity index (χ0n) is 16.1. The lowest BCUT2D eigenvalue weighted by molar-refractivity contribution is 0.0576. The van der Waals surface area contributed by atoms with Gasteiger partial charge in [-0.15, -0.1) is 0 Å². The highest BCUT2D eigenvalue weighted by Crippen LogP contribution is 2.31. The first-order chi connectivity index (χ1) is 13.3. The molecule has 8 heteroatoms. The van der Waals surface area contributed by atoms with Gasteiger partial charge in [0.25, 0.3) is 0 Å². The number of aromatic nitrogens is 3. The average molecular weight is 401 g/mol. The Morgan fingerprint density at radius 2 is 2.00 bits per heavy atom. The van der Waals surface area contributed by atoms with E-state index >= 15 is 0 Å². The maximum atomic E-state index is 13.0. The van der Waals surface area contributed by atoms with E-state index in [1.165, 1.54) is 4.90 Å². The van der Waals surface area contributed by atoms with Crippen molar-refractivity contribution in [3.63, 3.8) is 0 Å². The molecule has 0 N–H and O–H groups in total. The van der Waals surface area contributed by atoms with Crippen molar-refractivity contribution >= 4 is 40.7 Å². The van der Waals surface area contributed by atoms with Crippen molar-refractivity contribution < 1.29 is 13.9 Å². The SMILES string of the molecule is C/C=C\c1cc2nc(Cl)nc(N(Cc3ccncc3)C(=O)OC(C)(C)C)c2o1. The number of hydrogen-bond donors (Lipinski definition) is 0. The molecular formula is C20H21ClN4O3. The van der Waals surface area contributed by atoms with Gasteiger partial charge in [0.05, 0.1) is 6.54 Å². The minimum Gasteiger partial charge on any atom is -0.451 e. The predicted octanol–water partition coefficient (Wildman–Crippen LogP) is 5.25. The second-order valence-electron chi connectivity index (χ2n) is 7.10. The summed E-state index contributed by atoms with van der Waals surface area (Å²) >= 11 is 6.12. The van der Waals surface area contributed by atoms with E-state index in [0.717, 1.165) is 5.56 Å². The highest BCUT2D eigenvalue weighted by molar-refractivity contribution is 6.28. The van der Waals surface area contributed by atoms with Gasteiger partial charge < -0.3 is 9.15 Å². The molecule has 0 bridgehead atoms. The standard InChI is InChI=1S/C20H21ClN4O3/c1-5-6-14-11-15-16(27-14)17(24-18(21)23-15)25(19(26)28-20(2,3)4)12-13-7-9-22-10-8-13/h5-11H,12H2,1-4H3/b6-5-. The first-order valence-electron chi connectivity index (χ1n) is 8.76. The maximum Gasteiger partial charge on any atom is 0.416 e. The van der Waals surface area contributed by atoms with Gasteiger partial charge in [-0.3, -0.25) is 9.88 Å². The van der Waals surface area contributed by atoms with Gasteiger partial charge in [0.1, 0.15) is 16.9 Å². The molecular weight excluding hydrogens is 380 g/mol. The molecule has 0 aliphatic heterocycles. The van der Waals surface area contributed by atoms with Crippen molar-refractivity contribution in [3.05, 3.63) is 53.3 Å². The third-order valence-corrected chi connectivity index (χ3v) is 3.81. The van der Waals surface area contributed by atoms with Crippen LogP contribution < -0.4 is 4.90 Å². The molecule has 0 saturated carbocycles. The fraction of sp³-hybridized carbons (Fsp3) is 0.300. The van der Waals surface area contributed by atoms with E-state index < -0.39 is 11.7 Å². The van der Waals surface area contributed by atoms with Crippen LogP contribution in [0.1, 0.15) is 39.0 Å². The first-order valence-corrected chi connectivity index (χ1v) is 9.14. The number of amides is 1. The van der Waals surface area contributed by atoms with Gasteiger partial charge in [-0.25, -0.2) is 9.78 Å². The molecule has 0 aromatic carbocycles. The van der Waals surface area contributed by atoms with Crippen LogP contribution in [0.2, 0.25) is 5.28 Å². The molecule has 28 heavy (non-hydrogen) atoms. The molecule has 3 rings (SSSR count). The van der Waals surface area contributed by atoms with E-state index in [1.807, 2.05) is 25.1 Å². The van der Waals surface area contributed by atoms with E-state index in [0.29, 0.717) is 16.9 Å². The summed E-state index contributed by atoms with van der Waals surface area (Å²) in [5.74, 6) is 0.834. The van der Waals surface area contributed by atoms with Gasteiger partial charge in [0.2, 0.25) is 5.28 Å². The number of nitrogens with zero attached hydrogens (tertiary/aromatic N) is 4. The summed E-state index contributed by atoms with van der Waals surface area (Å²) in [7, 11) is 0. The maximum absolute atomic E-state index is 13.0. The quantitative estimate of drug-likeness (QED) is 0.556. The van der Waals surface area contributed by atoms with Crippen molar-refractivity contribution in [3.8, 4) is 0 Å². The number of furan rings is 1. The topological polar surface area (TPSA) is 81.4 Å². The summed E-state index contributed by atoms with van der Waals surface area (Å²) in [6.45, 7) is 7.49. The number of anilines is 1. The largest absolute Gasteiger partial charge is 0.451 e. The minimum absolute atomic E-state index is 0.0126. The molecule has 1 amide bonds. The summed E-state index contributed by atoms with van der Waals surface area (Å²) in [5, 5.41) is 0.0126. The zero-order chi connectivity index (χ0) is 20.3. The number of carbonyl (C=O) groups excluding carboxylic acids is 1. The van der Waals surface area contributed by atoms with Gasteiger partial charge >= 0.3 is 6.09 Å². The third kappa shape index (κ3) is 4.67. The van der Waals surface area contributed by atoms with Crippen molar-refractivity contribution in [1.82, 2.24) is 15.0 Å². The smallest absolute Gasteiger partial charge is 0.416 e. The van der Waals surface area contributed by atoms with Crippen LogP contribution in [0.25, 0.3) is 17.2 Å². The van der Waals surface area contributed by atoms with Gasteiger partial charge in [-0.05, 0) is 63.1 Å². The molecule has 146 valence electrons. The normalized spacial score (nSPS) is 11.9. The second kappa shape index (κ2) is 7.98. The number of ether oxygens (including phenoxy) is 1. The molecule has 0 radical (unpaired) electrons. The van der Waals surface area contributed by atoms with Crippen molar-refractivity contribution in [1.29, 1.82) is 0 Å². The Balaban J connectivity index is 2.12. The fourth-order valence-electron chi connectivity index (χ4n) is 2.55.